The molecule has 23 heavy (non-hydrogen) atoms. The van der Waals surface area contributed by atoms with Crippen LogP contribution in [0.4, 0.5) is 4.39 Å². The molecule has 2 fully saturated rings. The Morgan fingerprint density at radius 3 is 3.09 bits per heavy atom. The smallest absolute Gasteiger partial charge is 0.255 e. The summed E-state index contributed by atoms with van der Waals surface area (Å²) < 4.78 is 19.3. The topological polar surface area (TPSA) is 42.4 Å². The summed E-state index contributed by atoms with van der Waals surface area (Å²) in [5.41, 5.74) is 1.87. The molecule has 2 atom stereocenters. The number of halogens is 1. The molecule has 0 radical (unpaired) electrons. The molecular weight excluding hydrogens is 295 g/mol. The highest BCUT2D eigenvalue weighted by Crippen LogP contribution is 2.31. The summed E-state index contributed by atoms with van der Waals surface area (Å²) in [7, 11) is 0. The molecule has 5 heteroatoms. The highest BCUT2D eigenvalue weighted by atomic mass is 19.1. The van der Waals surface area contributed by atoms with Crippen molar-refractivity contribution in [2.45, 2.75) is 38.3 Å². The lowest BCUT2D eigenvalue weighted by atomic mass is 10.0. The van der Waals surface area contributed by atoms with Crippen LogP contribution in [-0.2, 0) is 4.74 Å². The molecule has 1 aromatic heterocycles. The summed E-state index contributed by atoms with van der Waals surface area (Å²) in [5.74, 6) is -0.330. The molecule has 4 rings (SSSR count). The standard InChI is InChI=1S/C18H19FN2O2/c1-11-9-14(13-6-5-12(19)10-15(13)20-11)18(22)21-7-8-23-17-4-2-3-16(17)21/h5-6,9-10,16-17H,2-4,7-8H2,1H3/t16-,17+/m0/s1. The summed E-state index contributed by atoms with van der Waals surface area (Å²) in [6.45, 7) is 3.03. The van der Waals surface area contributed by atoms with E-state index in [0.717, 1.165) is 25.0 Å². The maximum Gasteiger partial charge on any atom is 0.255 e. The fourth-order valence-corrected chi connectivity index (χ4v) is 3.84. The monoisotopic (exact) mass is 314 g/mol. The predicted molar refractivity (Wildman–Crippen MR) is 84.9 cm³/mol. The molecule has 2 aromatic rings. The minimum atomic E-state index is -0.337. The molecule has 1 aliphatic carbocycles. The van der Waals surface area contributed by atoms with Crippen LogP contribution < -0.4 is 0 Å². The number of carbonyl (C=O) groups excluding carboxylic acids is 1. The van der Waals surface area contributed by atoms with Crippen LogP contribution in [0.5, 0.6) is 0 Å². The first-order chi connectivity index (χ1) is 11.1. The maximum absolute atomic E-state index is 13.5. The van der Waals surface area contributed by atoms with Crippen molar-refractivity contribution in [3.8, 4) is 0 Å². The maximum atomic E-state index is 13.5. The molecule has 1 saturated carbocycles. The minimum Gasteiger partial charge on any atom is -0.374 e. The van der Waals surface area contributed by atoms with Gasteiger partial charge < -0.3 is 9.64 Å². The van der Waals surface area contributed by atoms with E-state index in [1.807, 2.05) is 17.9 Å². The van der Waals surface area contributed by atoms with E-state index >= 15 is 0 Å². The van der Waals surface area contributed by atoms with Gasteiger partial charge in [-0.2, -0.15) is 0 Å². The van der Waals surface area contributed by atoms with E-state index in [1.165, 1.54) is 12.1 Å². The quantitative estimate of drug-likeness (QED) is 0.812. The second kappa shape index (κ2) is 5.57. The third-order valence-corrected chi connectivity index (χ3v) is 4.87. The van der Waals surface area contributed by atoms with Crippen LogP contribution in [0.1, 0.15) is 35.3 Å². The van der Waals surface area contributed by atoms with Gasteiger partial charge in [-0.25, -0.2) is 4.39 Å². The number of morpholine rings is 1. The van der Waals surface area contributed by atoms with E-state index in [2.05, 4.69) is 4.98 Å². The first kappa shape index (κ1) is 14.6. The number of amides is 1. The fourth-order valence-electron chi connectivity index (χ4n) is 3.84. The molecule has 0 bridgehead atoms. The zero-order chi connectivity index (χ0) is 16.0. The molecule has 1 aliphatic heterocycles. The summed E-state index contributed by atoms with van der Waals surface area (Å²) in [5, 5.41) is 0.711. The summed E-state index contributed by atoms with van der Waals surface area (Å²) in [6, 6.07) is 6.39. The number of aryl methyl sites for hydroxylation is 1. The third kappa shape index (κ3) is 2.49. The van der Waals surface area contributed by atoms with E-state index in [9.17, 15) is 9.18 Å². The van der Waals surface area contributed by atoms with Gasteiger partial charge in [0.25, 0.3) is 5.91 Å². The number of fused-ring (bicyclic) bond motifs is 2. The van der Waals surface area contributed by atoms with Crippen molar-refractivity contribution < 1.29 is 13.9 Å². The number of nitrogens with zero attached hydrogens (tertiary/aromatic N) is 2. The Labute approximate surface area is 134 Å². The van der Waals surface area contributed by atoms with Gasteiger partial charge in [-0.1, -0.05) is 0 Å². The summed E-state index contributed by atoms with van der Waals surface area (Å²) >= 11 is 0. The normalized spacial score (nSPS) is 24.0. The highest BCUT2D eigenvalue weighted by Gasteiger charge is 2.39. The van der Waals surface area contributed by atoms with Gasteiger partial charge >= 0.3 is 0 Å². The number of hydrogen-bond donors (Lipinski definition) is 0. The van der Waals surface area contributed by atoms with Crippen LogP contribution in [0.15, 0.2) is 24.3 Å². The first-order valence-electron chi connectivity index (χ1n) is 8.13. The van der Waals surface area contributed by atoms with E-state index < -0.39 is 0 Å². The van der Waals surface area contributed by atoms with E-state index in [4.69, 9.17) is 4.74 Å². The number of hydrogen-bond acceptors (Lipinski definition) is 3. The lowest BCUT2D eigenvalue weighted by Gasteiger charge is -2.38. The van der Waals surface area contributed by atoms with Crippen LogP contribution in [-0.4, -0.2) is 41.1 Å². The van der Waals surface area contributed by atoms with Crippen molar-refractivity contribution in [2.24, 2.45) is 0 Å². The Bertz CT molecular complexity index is 772. The second-order valence-electron chi connectivity index (χ2n) is 6.38. The van der Waals surface area contributed by atoms with Crippen LogP contribution in [0.2, 0.25) is 0 Å². The largest absolute Gasteiger partial charge is 0.374 e. The highest BCUT2D eigenvalue weighted by molar-refractivity contribution is 6.06. The molecule has 120 valence electrons. The SMILES string of the molecule is Cc1cc(C(=O)N2CCO[C@@H]3CCC[C@@H]32)c2ccc(F)cc2n1. The lowest BCUT2D eigenvalue weighted by Crippen LogP contribution is -2.51. The number of pyridine rings is 1. The zero-order valence-electron chi connectivity index (χ0n) is 13.1. The average Bonchev–Trinajstić information content (AvgIpc) is 3.01. The molecule has 0 spiro atoms. The Balaban J connectivity index is 1.77. The number of rotatable bonds is 1. The number of aromatic nitrogens is 1. The molecule has 4 nitrogen and oxygen atoms in total. The van der Waals surface area contributed by atoms with Gasteiger partial charge in [0.1, 0.15) is 5.82 Å². The molecule has 1 saturated heterocycles. The van der Waals surface area contributed by atoms with Gasteiger partial charge in [0.15, 0.2) is 0 Å². The van der Waals surface area contributed by atoms with Crippen LogP contribution in [0.3, 0.4) is 0 Å². The van der Waals surface area contributed by atoms with Crippen molar-refractivity contribution in [1.82, 2.24) is 9.88 Å². The number of benzene rings is 1. The van der Waals surface area contributed by atoms with Gasteiger partial charge in [0, 0.05) is 23.7 Å². The van der Waals surface area contributed by atoms with Crippen molar-refractivity contribution >= 4 is 16.8 Å². The van der Waals surface area contributed by atoms with Crippen LogP contribution in [0.25, 0.3) is 10.9 Å². The molecule has 1 amide bonds. The molecule has 2 aliphatic rings. The molecule has 1 aromatic carbocycles. The molecule has 0 N–H and O–H groups in total. The van der Waals surface area contributed by atoms with Crippen molar-refractivity contribution in [3.63, 3.8) is 0 Å². The predicted octanol–water partition coefficient (Wildman–Crippen LogP) is 3.08. The molecule has 0 unspecified atom stereocenters. The van der Waals surface area contributed by atoms with Crippen molar-refractivity contribution in [1.29, 1.82) is 0 Å². The summed E-state index contributed by atoms with van der Waals surface area (Å²) in [4.78, 5) is 19.4. The van der Waals surface area contributed by atoms with Crippen molar-refractivity contribution in [2.75, 3.05) is 13.2 Å². The Hall–Kier alpha value is -2.01. The molecular formula is C18H19FN2O2. The Morgan fingerprint density at radius 1 is 1.35 bits per heavy atom. The first-order valence-corrected chi connectivity index (χ1v) is 8.13. The van der Waals surface area contributed by atoms with Gasteiger partial charge in [-0.3, -0.25) is 9.78 Å². The zero-order valence-corrected chi connectivity index (χ0v) is 13.1. The van der Waals surface area contributed by atoms with E-state index in [-0.39, 0.29) is 23.9 Å². The van der Waals surface area contributed by atoms with Crippen molar-refractivity contribution in [3.05, 3.63) is 41.3 Å². The third-order valence-electron chi connectivity index (χ3n) is 4.87. The fraction of sp³-hybridized carbons (Fsp3) is 0.444. The lowest BCUT2D eigenvalue weighted by molar-refractivity contribution is -0.0444. The van der Waals surface area contributed by atoms with Gasteiger partial charge in [0.2, 0.25) is 0 Å². The molecule has 2 heterocycles. The van der Waals surface area contributed by atoms with E-state index in [0.29, 0.717) is 29.6 Å². The Kier molecular flexibility index (Phi) is 3.53. The van der Waals surface area contributed by atoms with Gasteiger partial charge in [-0.15, -0.1) is 0 Å². The summed E-state index contributed by atoms with van der Waals surface area (Å²) in [6.07, 6.45) is 3.28. The average molecular weight is 314 g/mol. The number of carbonyl (C=O) groups is 1. The van der Waals surface area contributed by atoms with Gasteiger partial charge in [0.05, 0.1) is 29.8 Å². The van der Waals surface area contributed by atoms with Crippen LogP contribution >= 0.6 is 0 Å². The Morgan fingerprint density at radius 2 is 2.22 bits per heavy atom. The van der Waals surface area contributed by atoms with Crippen LogP contribution in [0, 0.1) is 12.7 Å². The second-order valence-corrected chi connectivity index (χ2v) is 6.38. The van der Waals surface area contributed by atoms with Gasteiger partial charge in [-0.05, 0) is 44.4 Å². The number of ether oxygens (including phenoxy) is 1. The van der Waals surface area contributed by atoms with E-state index in [1.54, 1.807) is 6.07 Å². The minimum absolute atomic E-state index is 0.00677.